The zero-order valence-corrected chi connectivity index (χ0v) is 14.8. The Morgan fingerprint density at radius 3 is 2.46 bits per heavy atom. The van der Waals surface area contributed by atoms with Gasteiger partial charge in [0.1, 0.15) is 6.10 Å². The van der Waals surface area contributed by atoms with Gasteiger partial charge in [-0.2, -0.15) is 13.2 Å². The Balaban J connectivity index is 2.36. The van der Waals surface area contributed by atoms with Crippen LogP contribution in [-0.4, -0.2) is 53.8 Å². The van der Waals surface area contributed by atoms with Gasteiger partial charge in [-0.15, -0.1) is 0 Å². The minimum atomic E-state index is -4.99. The fourth-order valence-corrected chi connectivity index (χ4v) is 2.52. The third kappa shape index (κ3) is 5.35. The predicted octanol–water partition coefficient (Wildman–Crippen LogP) is 3.01. The van der Waals surface area contributed by atoms with Crippen LogP contribution in [-0.2, 0) is 19.0 Å². The molecule has 0 saturated carbocycles. The zero-order valence-electron chi connectivity index (χ0n) is 14.8. The number of esters is 1. The van der Waals surface area contributed by atoms with Crippen molar-refractivity contribution < 1.29 is 37.3 Å². The summed E-state index contributed by atoms with van der Waals surface area (Å²) in [6, 6.07) is 6.03. The molecule has 2 rings (SSSR count). The van der Waals surface area contributed by atoms with E-state index in [1.165, 1.54) is 31.2 Å². The molecule has 1 aliphatic heterocycles. The molecule has 28 heavy (non-hydrogen) atoms. The SMILES string of the molecule is CC(=O)O[C@@H]1[C@@H](OC(=Nc2ccccc2)C(F)(F)F)O[C@H](C)C(N=[N+]=[N-])[C@@H]1O. The van der Waals surface area contributed by atoms with Gasteiger partial charge in [0, 0.05) is 11.8 Å². The summed E-state index contributed by atoms with van der Waals surface area (Å²) in [4.78, 5) is 17.3. The van der Waals surface area contributed by atoms with E-state index in [9.17, 15) is 23.1 Å². The van der Waals surface area contributed by atoms with Crippen LogP contribution < -0.4 is 0 Å². The van der Waals surface area contributed by atoms with Gasteiger partial charge in [0.05, 0.1) is 17.8 Å². The average Bonchev–Trinajstić information content (AvgIpc) is 2.61. The normalized spacial score (nSPS) is 28.2. The van der Waals surface area contributed by atoms with Crippen LogP contribution in [0.4, 0.5) is 18.9 Å². The second-order valence-electron chi connectivity index (χ2n) is 5.84. The van der Waals surface area contributed by atoms with Crippen LogP contribution in [0.1, 0.15) is 13.8 Å². The van der Waals surface area contributed by atoms with E-state index in [0.29, 0.717) is 0 Å². The number of para-hydroxylation sites is 1. The number of hydrogen-bond acceptors (Lipinski definition) is 7. The molecular weight excluding hydrogens is 385 g/mol. The number of hydrogen-bond donors (Lipinski definition) is 1. The molecule has 9 nitrogen and oxygen atoms in total. The van der Waals surface area contributed by atoms with Crippen molar-refractivity contribution in [3.8, 4) is 0 Å². The molecule has 12 heteroatoms. The predicted molar refractivity (Wildman–Crippen MR) is 89.5 cm³/mol. The number of carbonyl (C=O) groups is 1. The molecule has 0 bridgehead atoms. The largest absolute Gasteiger partial charge is 0.468 e. The molecule has 1 unspecified atom stereocenters. The van der Waals surface area contributed by atoms with Gasteiger partial charge >= 0.3 is 12.1 Å². The first-order valence-electron chi connectivity index (χ1n) is 8.06. The Kier molecular flexibility index (Phi) is 6.84. The lowest BCUT2D eigenvalue weighted by atomic mass is 9.97. The second-order valence-corrected chi connectivity index (χ2v) is 5.84. The van der Waals surface area contributed by atoms with Gasteiger partial charge in [-0.3, -0.25) is 4.79 Å². The summed E-state index contributed by atoms with van der Waals surface area (Å²) < 4.78 is 55.2. The Morgan fingerprint density at radius 1 is 1.29 bits per heavy atom. The molecule has 1 heterocycles. The van der Waals surface area contributed by atoms with E-state index in [2.05, 4.69) is 15.0 Å². The van der Waals surface area contributed by atoms with E-state index in [1.54, 1.807) is 6.07 Å². The maximum atomic E-state index is 13.4. The van der Waals surface area contributed by atoms with E-state index in [-0.39, 0.29) is 5.69 Å². The van der Waals surface area contributed by atoms with Gasteiger partial charge in [-0.25, -0.2) is 4.99 Å². The number of benzene rings is 1. The minimum Gasteiger partial charge on any atom is -0.453 e. The molecule has 152 valence electrons. The Bertz CT molecular complexity index is 767. The van der Waals surface area contributed by atoms with Gasteiger partial charge in [0.2, 0.25) is 6.29 Å². The van der Waals surface area contributed by atoms with Crippen molar-refractivity contribution in [1.82, 2.24) is 0 Å². The van der Waals surface area contributed by atoms with E-state index in [4.69, 9.17) is 19.7 Å². The highest BCUT2D eigenvalue weighted by molar-refractivity contribution is 5.84. The maximum absolute atomic E-state index is 13.4. The van der Waals surface area contributed by atoms with Crippen molar-refractivity contribution in [2.45, 2.75) is 50.7 Å². The fourth-order valence-electron chi connectivity index (χ4n) is 2.52. The van der Waals surface area contributed by atoms with Crippen molar-refractivity contribution in [3.05, 3.63) is 40.8 Å². The summed E-state index contributed by atoms with van der Waals surface area (Å²) in [5, 5.41) is 13.7. The zero-order chi connectivity index (χ0) is 20.9. The van der Waals surface area contributed by atoms with Gasteiger partial charge < -0.3 is 19.3 Å². The summed E-state index contributed by atoms with van der Waals surface area (Å²) in [7, 11) is 0. The Hall–Kier alpha value is -2.82. The molecule has 0 aliphatic carbocycles. The Labute approximate surface area is 157 Å². The van der Waals surface area contributed by atoms with Crippen molar-refractivity contribution >= 4 is 17.6 Å². The highest BCUT2D eigenvalue weighted by atomic mass is 19.4. The lowest BCUT2D eigenvalue weighted by molar-refractivity contribution is -0.257. The third-order valence-electron chi connectivity index (χ3n) is 3.73. The van der Waals surface area contributed by atoms with Crippen LogP contribution in [0.25, 0.3) is 10.4 Å². The number of alkyl halides is 3. The number of nitrogens with zero attached hydrogens (tertiary/aromatic N) is 4. The molecule has 0 spiro atoms. The number of carbonyl (C=O) groups excluding carboxylic acids is 1. The number of aliphatic hydroxyl groups excluding tert-OH is 1. The third-order valence-corrected chi connectivity index (χ3v) is 3.73. The number of aliphatic imine (C=N–C) groups is 1. The molecule has 0 radical (unpaired) electrons. The second kappa shape index (κ2) is 8.91. The van der Waals surface area contributed by atoms with E-state index in [0.717, 1.165) is 6.92 Å². The molecule has 1 aromatic carbocycles. The summed E-state index contributed by atoms with van der Waals surface area (Å²) in [6.45, 7) is 2.36. The molecule has 1 N–H and O–H groups in total. The van der Waals surface area contributed by atoms with E-state index < -0.39 is 48.7 Å². The first-order valence-corrected chi connectivity index (χ1v) is 8.06. The number of rotatable bonds is 4. The maximum Gasteiger partial charge on any atom is 0.468 e. The molecule has 1 fully saturated rings. The highest BCUT2D eigenvalue weighted by Crippen LogP contribution is 2.30. The van der Waals surface area contributed by atoms with Crippen LogP contribution in [0.3, 0.4) is 0 Å². The first-order chi connectivity index (χ1) is 13.1. The topological polar surface area (TPSA) is 126 Å². The van der Waals surface area contributed by atoms with Gasteiger partial charge in [0.15, 0.2) is 6.10 Å². The highest BCUT2D eigenvalue weighted by Gasteiger charge is 2.49. The average molecular weight is 402 g/mol. The Morgan fingerprint density at radius 2 is 1.93 bits per heavy atom. The summed E-state index contributed by atoms with van der Waals surface area (Å²) in [5.74, 6) is -2.55. The van der Waals surface area contributed by atoms with Crippen LogP contribution in [0.5, 0.6) is 0 Å². The van der Waals surface area contributed by atoms with Gasteiger partial charge in [0.25, 0.3) is 5.90 Å². The molecule has 0 aromatic heterocycles. The van der Waals surface area contributed by atoms with Crippen molar-refractivity contribution in [3.63, 3.8) is 0 Å². The first kappa shape index (κ1) is 21.5. The van der Waals surface area contributed by atoms with Crippen LogP contribution in [0.15, 0.2) is 40.4 Å². The van der Waals surface area contributed by atoms with Crippen LogP contribution >= 0.6 is 0 Å². The smallest absolute Gasteiger partial charge is 0.453 e. The molecule has 1 aromatic rings. The summed E-state index contributed by atoms with van der Waals surface area (Å²) >= 11 is 0. The van der Waals surface area contributed by atoms with Gasteiger partial charge in [-0.1, -0.05) is 23.3 Å². The standard InChI is InChI=1S/C16H17F3N4O5/c1-8-11(22-23-20)12(25)13(27-9(2)24)14(26-8)28-15(16(17,18)19)21-10-6-4-3-5-7-10/h3-8,11-14,25H,1-2H3/t8-,11?,12+,13+,14-/m1/s1. The molecule has 5 atom stereocenters. The number of halogens is 3. The lowest BCUT2D eigenvalue weighted by Crippen LogP contribution is -2.58. The van der Waals surface area contributed by atoms with Crippen molar-refractivity contribution in [2.75, 3.05) is 0 Å². The van der Waals surface area contributed by atoms with Gasteiger partial charge in [-0.05, 0) is 24.6 Å². The monoisotopic (exact) mass is 402 g/mol. The minimum absolute atomic E-state index is 0.0322. The molecule has 1 saturated heterocycles. The van der Waals surface area contributed by atoms with Crippen LogP contribution in [0.2, 0.25) is 0 Å². The summed E-state index contributed by atoms with van der Waals surface area (Å²) in [6.07, 6.45) is -11.2. The number of aliphatic hydroxyl groups is 1. The van der Waals surface area contributed by atoms with Crippen molar-refractivity contribution in [2.24, 2.45) is 10.1 Å². The van der Waals surface area contributed by atoms with Crippen LogP contribution in [0, 0.1) is 0 Å². The number of ether oxygens (including phenoxy) is 3. The molecular formula is C16H17F3N4O5. The van der Waals surface area contributed by atoms with E-state index >= 15 is 0 Å². The van der Waals surface area contributed by atoms with E-state index in [1.807, 2.05) is 0 Å². The number of azide groups is 1. The fraction of sp³-hybridized carbons (Fsp3) is 0.500. The summed E-state index contributed by atoms with van der Waals surface area (Å²) in [5.41, 5.74) is 8.56. The van der Waals surface area contributed by atoms with Crippen molar-refractivity contribution in [1.29, 1.82) is 0 Å². The lowest BCUT2D eigenvalue weighted by Gasteiger charge is -2.41. The molecule has 1 aliphatic rings. The quantitative estimate of drug-likeness (QED) is 0.207. The molecule has 0 amide bonds.